The number of hydrogen-bond acceptors (Lipinski definition) is 5. The first-order chi connectivity index (χ1) is 14.6. The number of aromatic nitrogens is 2. The van der Waals surface area contributed by atoms with Gasteiger partial charge in [-0.15, -0.1) is 11.3 Å². The average molecular weight is 421 g/mol. The van der Waals surface area contributed by atoms with Crippen molar-refractivity contribution in [3.05, 3.63) is 83.3 Å². The molecule has 0 bridgehead atoms. The molecule has 0 spiro atoms. The van der Waals surface area contributed by atoms with E-state index in [2.05, 4.69) is 10.1 Å². The van der Waals surface area contributed by atoms with Crippen LogP contribution in [0.5, 0.6) is 0 Å². The molecular formula is C23H20FN3O2S. The first-order valence-electron chi connectivity index (χ1n) is 9.59. The van der Waals surface area contributed by atoms with Gasteiger partial charge in [-0.3, -0.25) is 4.79 Å². The van der Waals surface area contributed by atoms with Crippen molar-refractivity contribution in [2.24, 2.45) is 0 Å². The Balaban J connectivity index is 1.33. The third-order valence-corrected chi connectivity index (χ3v) is 5.60. The molecule has 1 amide bonds. The molecule has 0 aliphatic rings. The van der Waals surface area contributed by atoms with Crippen molar-refractivity contribution < 1.29 is 13.7 Å². The molecule has 0 saturated carbocycles. The van der Waals surface area contributed by atoms with Gasteiger partial charge in [0.05, 0.1) is 0 Å². The van der Waals surface area contributed by atoms with E-state index in [0.29, 0.717) is 29.2 Å². The van der Waals surface area contributed by atoms with Crippen LogP contribution in [0.3, 0.4) is 0 Å². The Bertz CT molecular complexity index is 1140. The first-order valence-corrected chi connectivity index (χ1v) is 10.5. The summed E-state index contributed by atoms with van der Waals surface area (Å²) in [7, 11) is 1.74. The Morgan fingerprint density at radius 1 is 1.13 bits per heavy atom. The number of halogens is 1. The van der Waals surface area contributed by atoms with Crippen LogP contribution in [0.1, 0.15) is 22.7 Å². The highest BCUT2D eigenvalue weighted by molar-refractivity contribution is 7.13. The van der Waals surface area contributed by atoms with Gasteiger partial charge in [0.25, 0.3) is 5.91 Å². The third kappa shape index (κ3) is 4.46. The molecule has 30 heavy (non-hydrogen) atoms. The molecule has 2 heterocycles. The Morgan fingerprint density at radius 2 is 1.90 bits per heavy atom. The topological polar surface area (TPSA) is 59.2 Å². The number of hydrogen-bond donors (Lipinski definition) is 0. The zero-order chi connectivity index (χ0) is 20.9. The van der Waals surface area contributed by atoms with Gasteiger partial charge in [0, 0.05) is 42.6 Å². The molecular weight excluding hydrogens is 401 g/mol. The highest BCUT2D eigenvalue weighted by atomic mass is 32.1. The predicted molar refractivity (Wildman–Crippen MR) is 115 cm³/mol. The summed E-state index contributed by atoms with van der Waals surface area (Å²) in [5.41, 5.74) is 2.54. The van der Waals surface area contributed by atoms with Gasteiger partial charge in [-0.2, -0.15) is 0 Å². The molecule has 152 valence electrons. The maximum Gasteiger partial charge on any atom is 0.273 e. The molecule has 2 aromatic heterocycles. The summed E-state index contributed by atoms with van der Waals surface area (Å²) in [4.78, 5) is 18.6. The quantitative estimate of drug-likeness (QED) is 0.406. The molecule has 7 heteroatoms. The van der Waals surface area contributed by atoms with Gasteiger partial charge in [0.1, 0.15) is 28.0 Å². The Kier molecular flexibility index (Phi) is 5.99. The largest absolute Gasteiger partial charge is 0.361 e. The molecule has 0 aliphatic carbocycles. The molecule has 0 N–H and O–H groups in total. The summed E-state index contributed by atoms with van der Waals surface area (Å²) in [5, 5.41) is 6.28. The summed E-state index contributed by atoms with van der Waals surface area (Å²) in [5.74, 6) is 0.253. The van der Waals surface area contributed by atoms with Crippen molar-refractivity contribution in [1.29, 1.82) is 0 Å². The van der Waals surface area contributed by atoms with Crippen molar-refractivity contribution >= 4 is 17.2 Å². The van der Waals surface area contributed by atoms with Crippen LogP contribution in [0.2, 0.25) is 0 Å². The van der Waals surface area contributed by atoms with Crippen LogP contribution in [-0.2, 0) is 6.42 Å². The van der Waals surface area contributed by atoms with Crippen molar-refractivity contribution in [3.63, 3.8) is 0 Å². The minimum absolute atomic E-state index is 0.184. The number of rotatable bonds is 7. The van der Waals surface area contributed by atoms with Gasteiger partial charge >= 0.3 is 0 Å². The summed E-state index contributed by atoms with van der Waals surface area (Å²) >= 11 is 1.26. The minimum atomic E-state index is -0.346. The molecule has 0 unspecified atom stereocenters. The fourth-order valence-electron chi connectivity index (χ4n) is 3.09. The number of aryl methyl sites for hydroxylation is 1. The molecule has 0 aliphatic heterocycles. The molecule has 0 saturated heterocycles. The maximum absolute atomic E-state index is 13.9. The van der Waals surface area contributed by atoms with E-state index in [9.17, 15) is 9.18 Å². The monoisotopic (exact) mass is 421 g/mol. The lowest BCUT2D eigenvalue weighted by Crippen LogP contribution is -2.28. The van der Waals surface area contributed by atoms with Crippen LogP contribution in [0.15, 0.2) is 70.6 Å². The summed E-state index contributed by atoms with van der Waals surface area (Å²) in [6, 6.07) is 18.2. The van der Waals surface area contributed by atoms with Crippen molar-refractivity contribution in [3.8, 4) is 21.8 Å². The van der Waals surface area contributed by atoms with E-state index in [1.54, 1.807) is 35.5 Å². The molecule has 2 aromatic carbocycles. The predicted octanol–water partition coefficient (Wildman–Crippen LogP) is 5.31. The summed E-state index contributed by atoms with van der Waals surface area (Å²) in [6.07, 6.45) is 1.41. The lowest BCUT2D eigenvalue weighted by atomic mass is 10.1. The van der Waals surface area contributed by atoms with Gasteiger partial charge < -0.3 is 9.42 Å². The standard InChI is InChI=1S/C23H20FN3O2S/c1-27(13-7-10-17-14-20(26-29-17)16-8-3-2-4-9-16)23(28)21-15-30-22(25-21)18-11-5-6-12-19(18)24/h2-6,8-9,11-12,14-15H,7,10,13H2,1H3. The molecule has 4 rings (SSSR count). The van der Waals surface area contributed by atoms with E-state index in [1.165, 1.54) is 17.4 Å². The number of benzene rings is 2. The minimum Gasteiger partial charge on any atom is -0.361 e. The maximum atomic E-state index is 13.9. The van der Waals surface area contributed by atoms with Crippen LogP contribution in [0, 0.1) is 5.82 Å². The van der Waals surface area contributed by atoms with Gasteiger partial charge in [-0.25, -0.2) is 9.37 Å². The molecule has 4 aromatic rings. The number of amides is 1. The Hall–Kier alpha value is -3.32. The van der Waals surface area contributed by atoms with Gasteiger partial charge in [0.15, 0.2) is 0 Å². The van der Waals surface area contributed by atoms with Crippen LogP contribution in [0.4, 0.5) is 4.39 Å². The van der Waals surface area contributed by atoms with Crippen LogP contribution in [0.25, 0.3) is 21.8 Å². The first kappa shape index (κ1) is 20.0. The Labute approximate surface area is 177 Å². The SMILES string of the molecule is CN(CCCc1cc(-c2ccccc2)no1)C(=O)c1csc(-c2ccccc2F)n1. The lowest BCUT2D eigenvalue weighted by Gasteiger charge is -2.15. The number of nitrogens with zero attached hydrogens (tertiary/aromatic N) is 3. The molecule has 0 atom stereocenters. The second-order valence-corrected chi connectivity index (χ2v) is 7.75. The molecule has 5 nitrogen and oxygen atoms in total. The van der Waals surface area contributed by atoms with Gasteiger partial charge in [0.2, 0.25) is 0 Å². The highest BCUT2D eigenvalue weighted by Crippen LogP contribution is 2.26. The normalized spacial score (nSPS) is 10.9. The molecule has 0 radical (unpaired) electrons. The number of carbonyl (C=O) groups excluding carboxylic acids is 1. The Morgan fingerprint density at radius 3 is 2.70 bits per heavy atom. The smallest absolute Gasteiger partial charge is 0.273 e. The zero-order valence-corrected chi connectivity index (χ0v) is 17.2. The highest BCUT2D eigenvalue weighted by Gasteiger charge is 2.17. The summed E-state index contributed by atoms with van der Waals surface area (Å²) < 4.78 is 19.3. The average Bonchev–Trinajstić information content (AvgIpc) is 3.44. The van der Waals surface area contributed by atoms with E-state index in [-0.39, 0.29) is 11.7 Å². The van der Waals surface area contributed by atoms with E-state index < -0.39 is 0 Å². The van der Waals surface area contributed by atoms with E-state index >= 15 is 0 Å². The second kappa shape index (κ2) is 9.00. The van der Waals surface area contributed by atoms with Crippen LogP contribution >= 0.6 is 11.3 Å². The van der Waals surface area contributed by atoms with Gasteiger partial charge in [-0.1, -0.05) is 47.6 Å². The van der Waals surface area contributed by atoms with Crippen LogP contribution < -0.4 is 0 Å². The van der Waals surface area contributed by atoms with E-state index in [1.807, 2.05) is 36.4 Å². The second-order valence-electron chi connectivity index (χ2n) is 6.89. The zero-order valence-electron chi connectivity index (χ0n) is 16.4. The van der Waals surface area contributed by atoms with Crippen molar-refractivity contribution in [2.45, 2.75) is 12.8 Å². The van der Waals surface area contributed by atoms with Crippen LogP contribution in [-0.4, -0.2) is 34.5 Å². The number of thiazole rings is 1. The lowest BCUT2D eigenvalue weighted by molar-refractivity contribution is 0.0788. The van der Waals surface area contributed by atoms with Crippen molar-refractivity contribution in [2.75, 3.05) is 13.6 Å². The number of carbonyl (C=O) groups is 1. The fraction of sp³-hybridized carbons (Fsp3) is 0.174. The summed E-state index contributed by atoms with van der Waals surface area (Å²) in [6.45, 7) is 0.548. The fourth-order valence-corrected chi connectivity index (χ4v) is 3.91. The third-order valence-electron chi connectivity index (χ3n) is 4.72. The van der Waals surface area contributed by atoms with E-state index in [0.717, 1.165) is 23.4 Å². The van der Waals surface area contributed by atoms with E-state index in [4.69, 9.17) is 4.52 Å². The van der Waals surface area contributed by atoms with Gasteiger partial charge in [-0.05, 0) is 18.6 Å². The van der Waals surface area contributed by atoms with Crippen molar-refractivity contribution in [1.82, 2.24) is 15.0 Å². The molecule has 0 fully saturated rings.